The molecule has 20 heavy (non-hydrogen) atoms. The highest BCUT2D eigenvalue weighted by atomic mass is 79.9. The summed E-state index contributed by atoms with van der Waals surface area (Å²) in [7, 11) is 0. The average Bonchev–Trinajstić information content (AvgIpc) is 2.76. The van der Waals surface area contributed by atoms with Gasteiger partial charge in [0.25, 0.3) is 5.91 Å². The summed E-state index contributed by atoms with van der Waals surface area (Å²) < 4.78 is 3.87. The summed E-state index contributed by atoms with van der Waals surface area (Å²) in [5.74, 6) is -0.0923. The molecule has 0 saturated carbocycles. The van der Waals surface area contributed by atoms with Crippen LogP contribution in [0.25, 0.3) is 0 Å². The Bertz CT molecular complexity index is 635. The molecule has 5 heteroatoms. The van der Waals surface area contributed by atoms with Crippen molar-refractivity contribution in [3.63, 3.8) is 0 Å². The van der Waals surface area contributed by atoms with Crippen LogP contribution in [0.5, 0.6) is 0 Å². The summed E-state index contributed by atoms with van der Waals surface area (Å²) in [6.07, 6.45) is 2.92. The molecule has 0 bridgehead atoms. The summed E-state index contributed by atoms with van der Waals surface area (Å²) >= 11 is 6.90. The molecule has 0 saturated heterocycles. The molecule has 106 valence electrons. The largest absolute Gasteiger partial charge is 0.342 e. The first-order valence-electron chi connectivity index (χ1n) is 6.45. The minimum Gasteiger partial charge on any atom is -0.342 e. The number of hydrogen-bond donors (Lipinski definition) is 1. The summed E-state index contributed by atoms with van der Waals surface area (Å²) in [5.41, 5.74) is 2.51. The Balaban J connectivity index is 2.26. The molecule has 0 atom stereocenters. The molecule has 0 radical (unpaired) electrons. The van der Waals surface area contributed by atoms with Crippen LogP contribution in [-0.2, 0) is 6.54 Å². The van der Waals surface area contributed by atoms with Crippen LogP contribution in [0.3, 0.4) is 0 Å². The molecule has 3 nitrogen and oxygen atoms in total. The SMILES string of the molecule is CCCn1cc(Br)cc1C(=O)Nc1cccc(Br)c1C. The lowest BCUT2D eigenvalue weighted by atomic mass is 10.2. The predicted molar refractivity (Wildman–Crippen MR) is 89.3 cm³/mol. The summed E-state index contributed by atoms with van der Waals surface area (Å²) in [6.45, 7) is 4.89. The van der Waals surface area contributed by atoms with Crippen molar-refractivity contribution in [2.45, 2.75) is 26.8 Å². The van der Waals surface area contributed by atoms with Gasteiger partial charge < -0.3 is 9.88 Å². The average molecular weight is 400 g/mol. The maximum absolute atomic E-state index is 12.4. The minimum absolute atomic E-state index is 0.0923. The standard InChI is InChI=1S/C15H16Br2N2O/c1-3-7-19-9-11(16)8-14(19)15(20)18-13-6-4-5-12(17)10(13)2/h4-6,8-9H,3,7H2,1-2H3,(H,18,20). The summed E-state index contributed by atoms with van der Waals surface area (Å²) in [4.78, 5) is 12.4. The van der Waals surface area contributed by atoms with Crippen molar-refractivity contribution < 1.29 is 4.79 Å². The number of nitrogens with one attached hydrogen (secondary N) is 1. The molecule has 0 aliphatic carbocycles. The van der Waals surface area contributed by atoms with Crippen LogP contribution in [0.4, 0.5) is 5.69 Å². The van der Waals surface area contributed by atoms with E-state index in [1.54, 1.807) is 0 Å². The van der Waals surface area contributed by atoms with Crippen molar-refractivity contribution in [1.29, 1.82) is 0 Å². The molecule has 1 heterocycles. The highest BCUT2D eigenvalue weighted by Gasteiger charge is 2.14. The number of benzene rings is 1. The number of rotatable bonds is 4. The lowest BCUT2D eigenvalue weighted by Gasteiger charge is -2.11. The van der Waals surface area contributed by atoms with Gasteiger partial charge in [-0.05, 0) is 53.0 Å². The summed E-state index contributed by atoms with van der Waals surface area (Å²) in [6, 6.07) is 7.62. The lowest BCUT2D eigenvalue weighted by molar-refractivity contribution is 0.101. The van der Waals surface area contributed by atoms with Gasteiger partial charge in [0, 0.05) is 27.4 Å². The number of carbonyl (C=O) groups is 1. The minimum atomic E-state index is -0.0923. The number of nitrogens with zero attached hydrogens (tertiary/aromatic N) is 1. The molecular weight excluding hydrogens is 384 g/mol. The van der Waals surface area contributed by atoms with Crippen LogP contribution in [0.1, 0.15) is 29.4 Å². The lowest BCUT2D eigenvalue weighted by Crippen LogP contribution is -2.17. The van der Waals surface area contributed by atoms with E-state index in [1.165, 1.54) is 0 Å². The Labute approximate surface area is 135 Å². The van der Waals surface area contributed by atoms with E-state index in [1.807, 2.05) is 42.0 Å². The molecule has 0 unspecified atom stereocenters. The fraction of sp³-hybridized carbons (Fsp3) is 0.267. The number of aryl methyl sites for hydroxylation is 1. The van der Waals surface area contributed by atoms with Crippen molar-refractivity contribution in [2.24, 2.45) is 0 Å². The normalized spacial score (nSPS) is 10.6. The molecule has 1 N–H and O–H groups in total. The quantitative estimate of drug-likeness (QED) is 0.772. The Hall–Kier alpha value is -1.07. The van der Waals surface area contributed by atoms with E-state index < -0.39 is 0 Å². The Morgan fingerprint density at radius 2 is 2.10 bits per heavy atom. The smallest absolute Gasteiger partial charge is 0.272 e. The van der Waals surface area contributed by atoms with E-state index in [0.717, 1.165) is 33.2 Å². The fourth-order valence-electron chi connectivity index (χ4n) is 2.02. The monoisotopic (exact) mass is 398 g/mol. The zero-order valence-electron chi connectivity index (χ0n) is 11.4. The number of carbonyl (C=O) groups excluding carboxylic acids is 1. The summed E-state index contributed by atoms with van der Waals surface area (Å²) in [5, 5.41) is 2.97. The highest BCUT2D eigenvalue weighted by molar-refractivity contribution is 9.10. The molecule has 1 aromatic carbocycles. The third-order valence-electron chi connectivity index (χ3n) is 3.08. The van der Waals surface area contributed by atoms with Gasteiger partial charge in [-0.1, -0.05) is 28.9 Å². The molecule has 0 aliphatic heterocycles. The second kappa shape index (κ2) is 6.59. The van der Waals surface area contributed by atoms with Crippen molar-refractivity contribution >= 4 is 43.5 Å². The number of halogens is 2. The molecule has 0 fully saturated rings. The Kier molecular flexibility index (Phi) is 5.05. The van der Waals surface area contributed by atoms with Gasteiger partial charge >= 0.3 is 0 Å². The molecule has 1 aromatic heterocycles. The van der Waals surface area contributed by atoms with Gasteiger partial charge in [-0.15, -0.1) is 0 Å². The Morgan fingerprint density at radius 1 is 1.35 bits per heavy atom. The first-order valence-corrected chi connectivity index (χ1v) is 8.03. The third kappa shape index (κ3) is 3.33. The van der Waals surface area contributed by atoms with E-state index in [0.29, 0.717) is 5.69 Å². The fourth-order valence-corrected chi connectivity index (χ4v) is 2.85. The highest BCUT2D eigenvalue weighted by Crippen LogP contribution is 2.24. The van der Waals surface area contributed by atoms with Crippen LogP contribution < -0.4 is 5.32 Å². The van der Waals surface area contributed by atoms with E-state index >= 15 is 0 Å². The molecule has 2 aromatic rings. The van der Waals surface area contributed by atoms with Gasteiger partial charge in [-0.25, -0.2) is 0 Å². The second-order valence-electron chi connectivity index (χ2n) is 4.60. The van der Waals surface area contributed by atoms with E-state index in [9.17, 15) is 4.79 Å². The molecular formula is C15H16Br2N2O. The van der Waals surface area contributed by atoms with Crippen LogP contribution in [0.15, 0.2) is 39.4 Å². The van der Waals surface area contributed by atoms with Gasteiger partial charge in [-0.3, -0.25) is 4.79 Å². The van der Waals surface area contributed by atoms with E-state index in [-0.39, 0.29) is 5.91 Å². The van der Waals surface area contributed by atoms with Crippen molar-refractivity contribution in [2.75, 3.05) is 5.32 Å². The van der Waals surface area contributed by atoms with E-state index in [2.05, 4.69) is 44.1 Å². The maximum Gasteiger partial charge on any atom is 0.272 e. The second-order valence-corrected chi connectivity index (χ2v) is 6.37. The predicted octanol–water partition coefficient (Wildman–Crippen LogP) is 4.98. The van der Waals surface area contributed by atoms with Crippen LogP contribution >= 0.6 is 31.9 Å². The maximum atomic E-state index is 12.4. The molecule has 2 rings (SSSR count). The van der Waals surface area contributed by atoms with Gasteiger partial charge in [-0.2, -0.15) is 0 Å². The van der Waals surface area contributed by atoms with Gasteiger partial charge in [0.15, 0.2) is 0 Å². The van der Waals surface area contributed by atoms with Gasteiger partial charge in [0.05, 0.1) is 0 Å². The van der Waals surface area contributed by atoms with Crippen LogP contribution in [-0.4, -0.2) is 10.5 Å². The van der Waals surface area contributed by atoms with Crippen LogP contribution in [0, 0.1) is 6.92 Å². The number of anilines is 1. The van der Waals surface area contributed by atoms with Crippen molar-refractivity contribution in [3.8, 4) is 0 Å². The number of amides is 1. The Morgan fingerprint density at radius 3 is 2.80 bits per heavy atom. The molecule has 0 spiro atoms. The van der Waals surface area contributed by atoms with Crippen LogP contribution in [0.2, 0.25) is 0 Å². The molecule has 0 aliphatic rings. The topological polar surface area (TPSA) is 34.0 Å². The van der Waals surface area contributed by atoms with Gasteiger partial charge in [0.1, 0.15) is 5.69 Å². The third-order valence-corrected chi connectivity index (χ3v) is 4.37. The first kappa shape index (κ1) is 15.3. The van der Waals surface area contributed by atoms with E-state index in [4.69, 9.17) is 0 Å². The molecule has 1 amide bonds. The zero-order chi connectivity index (χ0) is 14.7. The van der Waals surface area contributed by atoms with Crippen molar-refractivity contribution in [3.05, 3.63) is 50.7 Å². The van der Waals surface area contributed by atoms with Gasteiger partial charge in [0.2, 0.25) is 0 Å². The number of aromatic nitrogens is 1. The zero-order valence-corrected chi connectivity index (χ0v) is 14.6. The first-order chi connectivity index (χ1) is 9.52. The van der Waals surface area contributed by atoms with Crippen molar-refractivity contribution in [1.82, 2.24) is 4.57 Å². The number of hydrogen-bond acceptors (Lipinski definition) is 1.